The first-order valence-corrected chi connectivity index (χ1v) is 3.55. The first-order chi connectivity index (χ1) is 3.73. The Morgan fingerprint density at radius 2 is 1.30 bits per heavy atom. The van der Waals surface area contributed by atoms with Gasteiger partial charge in [0.15, 0.2) is 0 Å². The summed E-state index contributed by atoms with van der Waals surface area (Å²) in [4.78, 5) is 1.42. The van der Waals surface area contributed by atoms with Crippen LogP contribution in [0.1, 0.15) is 0 Å². The van der Waals surface area contributed by atoms with Crippen LogP contribution in [-0.2, 0) is 10.4 Å². The summed E-state index contributed by atoms with van der Waals surface area (Å²) in [7, 11) is 1.33. The van der Waals surface area contributed by atoms with Crippen LogP contribution in [0.2, 0.25) is 0 Å². The van der Waals surface area contributed by atoms with Crippen molar-refractivity contribution in [2.24, 2.45) is 0 Å². The Balaban J connectivity index is -0.0000000910. The molecular formula is C3H14N2O4S. The second kappa shape index (κ2) is 6.90. The zero-order chi connectivity index (χ0) is 8.08. The van der Waals surface area contributed by atoms with E-state index in [9.17, 15) is 0 Å². The average Bonchev–Trinajstić information content (AvgIpc) is 1.19. The van der Waals surface area contributed by atoms with Crippen LogP contribution in [0.4, 0.5) is 0 Å². The molecule has 0 spiro atoms. The maximum absolute atomic E-state index is 8.63. The molecule has 0 amide bonds. The van der Waals surface area contributed by atoms with Crippen molar-refractivity contribution in [1.82, 2.24) is 6.15 Å². The van der Waals surface area contributed by atoms with Crippen molar-refractivity contribution in [2.45, 2.75) is 0 Å². The molecule has 7 heteroatoms. The highest BCUT2D eigenvalue weighted by molar-refractivity contribution is 7.79. The summed E-state index contributed by atoms with van der Waals surface area (Å²) < 4.78 is 32.8. The van der Waals surface area contributed by atoms with Crippen molar-refractivity contribution in [3.05, 3.63) is 0 Å². The van der Waals surface area contributed by atoms with Gasteiger partial charge in [-0.05, 0) is 0 Å². The Morgan fingerprint density at radius 3 is 1.30 bits per heavy atom. The third-order valence-corrected chi connectivity index (χ3v) is 0. The van der Waals surface area contributed by atoms with E-state index in [1.807, 2.05) is 0 Å². The molecule has 66 valence electrons. The Morgan fingerprint density at radius 1 is 1.30 bits per heavy atom. The zero-order valence-electron chi connectivity index (χ0n) is 6.29. The van der Waals surface area contributed by atoms with Crippen LogP contribution in [-0.4, -0.2) is 38.7 Å². The van der Waals surface area contributed by atoms with Crippen molar-refractivity contribution in [3.63, 3.8) is 0 Å². The van der Waals surface area contributed by atoms with Gasteiger partial charge in [0.1, 0.15) is 0 Å². The second-order valence-electron chi connectivity index (χ2n) is 1.93. The standard InChI is InChI=1S/C3H9N.H3N.H2O4S/c1-4(2)3;;1-5(2,3)4/h1-3H3;1H3;(H2,1,2,3,4). The third-order valence-electron chi connectivity index (χ3n) is 0. The molecule has 0 rings (SSSR count). The summed E-state index contributed by atoms with van der Waals surface area (Å²) in [6.45, 7) is 0. The van der Waals surface area contributed by atoms with Crippen LogP contribution in [0, 0.1) is 0 Å². The Bertz CT molecular complexity index is 130. The van der Waals surface area contributed by atoms with Gasteiger partial charge in [-0.2, -0.15) is 0 Å². The molecule has 0 radical (unpaired) electrons. The first kappa shape index (κ1) is 16.4. The Kier molecular flexibility index (Phi) is 11.3. The van der Waals surface area contributed by atoms with Crippen molar-refractivity contribution < 1.29 is 22.4 Å². The molecule has 5 N–H and O–H groups in total. The molecule has 0 saturated heterocycles. The fourth-order valence-corrected chi connectivity index (χ4v) is 0. The van der Waals surface area contributed by atoms with Crippen LogP contribution in [0.3, 0.4) is 0 Å². The Labute approximate surface area is 61.0 Å². The second-order valence-corrected chi connectivity index (χ2v) is 2.78. The summed E-state index contributed by atoms with van der Waals surface area (Å²) in [5.74, 6) is 0. The van der Waals surface area contributed by atoms with E-state index in [-0.39, 0.29) is 6.15 Å². The maximum atomic E-state index is 8.63. The van der Waals surface area contributed by atoms with Crippen LogP contribution in [0.25, 0.3) is 0 Å². The maximum Gasteiger partial charge on any atom is 0.215 e. The normalized spacial score (nSPS) is 9.40. The molecule has 0 aliphatic carbocycles. The van der Waals surface area contributed by atoms with Crippen molar-refractivity contribution in [3.8, 4) is 0 Å². The van der Waals surface area contributed by atoms with E-state index in [1.165, 1.54) is 4.90 Å². The number of rotatable bonds is 0. The molecule has 10 heavy (non-hydrogen) atoms. The molecule has 0 heterocycles. The predicted molar refractivity (Wildman–Crippen MR) is 36.1 cm³/mol. The van der Waals surface area contributed by atoms with Crippen molar-refractivity contribution in [2.75, 3.05) is 21.1 Å². The van der Waals surface area contributed by atoms with Crippen molar-refractivity contribution in [1.29, 1.82) is 0 Å². The smallest absolute Gasteiger partial charge is 0.215 e. The number of hydrogen-bond acceptors (Lipinski definition) is 4. The van der Waals surface area contributed by atoms with Gasteiger partial charge < -0.3 is 15.6 Å². The summed E-state index contributed by atoms with van der Waals surface area (Å²) in [5, 5.41) is 0. The minimum atomic E-state index is -4.92. The molecule has 0 unspecified atom stereocenters. The van der Waals surface area contributed by atoms with Gasteiger partial charge in [0.25, 0.3) is 0 Å². The quantitative estimate of drug-likeness (QED) is 0.288. The van der Waals surface area contributed by atoms with E-state index in [4.69, 9.17) is 17.5 Å². The summed E-state index contributed by atoms with van der Waals surface area (Å²) in [6, 6.07) is 0. The predicted octanol–water partition coefficient (Wildman–Crippen LogP) is -2.07. The van der Waals surface area contributed by atoms with Crippen LogP contribution >= 0.6 is 0 Å². The lowest BCUT2D eigenvalue weighted by atomic mass is 11.0. The molecule has 0 aromatic carbocycles. The minimum Gasteiger partial charge on any atom is -0.726 e. The molecule has 0 aromatic rings. The summed E-state index contributed by atoms with van der Waals surface area (Å²) in [6.07, 6.45) is 0. The first-order valence-electron chi connectivity index (χ1n) is 2.18. The third kappa shape index (κ3) is 8140. The van der Waals surface area contributed by atoms with Gasteiger partial charge in [0.05, 0.1) is 21.1 Å². The van der Waals surface area contributed by atoms with E-state index in [0.29, 0.717) is 0 Å². The topological polar surface area (TPSA) is 117 Å². The minimum absolute atomic E-state index is 0. The van der Waals surface area contributed by atoms with Gasteiger partial charge in [0, 0.05) is 0 Å². The van der Waals surface area contributed by atoms with E-state index in [0.717, 1.165) is 0 Å². The van der Waals surface area contributed by atoms with Crippen LogP contribution < -0.4 is 11.1 Å². The highest BCUT2D eigenvalue weighted by Gasteiger charge is 1.67. The summed E-state index contributed by atoms with van der Waals surface area (Å²) in [5.41, 5.74) is 0. The van der Waals surface area contributed by atoms with Gasteiger partial charge in [0.2, 0.25) is 10.4 Å². The van der Waals surface area contributed by atoms with Gasteiger partial charge in [-0.3, -0.25) is 4.55 Å². The van der Waals surface area contributed by atoms with Crippen LogP contribution in [0.15, 0.2) is 0 Å². The fourth-order valence-electron chi connectivity index (χ4n) is 0. The lowest BCUT2D eigenvalue weighted by Gasteiger charge is -1.88. The lowest BCUT2D eigenvalue weighted by Crippen LogP contribution is -3.02. The molecule has 0 aromatic heterocycles. The SMILES string of the molecule is C[NH+](C)C.N.O=S(=O)([O-])O. The number of nitrogens with one attached hydrogen (secondary N) is 1. The van der Waals surface area contributed by atoms with Gasteiger partial charge in [-0.15, -0.1) is 0 Å². The number of hydrogen-bond donors (Lipinski definition) is 3. The van der Waals surface area contributed by atoms with Gasteiger partial charge >= 0.3 is 0 Å². The monoisotopic (exact) mass is 174 g/mol. The zero-order valence-corrected chi connectivity index (χ0v) is 7.10. The molecule has 0 saturated carbocycles. The van der Waals surface area contributed by atoms with E-state index in [2.05, 4.69) is 21.1 Å². The molecule has 0 bridgehead atoms. The molecule has 0 aliphatic heterocycles. The van der Waals surface area contributed by atoms with Crippen LogP contribution in [0.5, 0.6) is 0 Å². The fraction of sp³-hybridized carbons (Fsp3) is 1.00. The van der Waals surface area contributed by atoms with E-state index < -0.39 is 10.4 Å². The molecule has 0 atom stereocenters. The van der Waals surface area contributed by atoms with Gasteiger partial charge in [-0.25, -0.2) is 8.42 Å². The molecule has 6 nitrogen and oxygen atoms in total. The van der Waals surface area contributed by atoms with Gasteiger partial charge in [-0.1, -0.05) is 0 Å². The highest BCUT2D eigenvalue weighted by atomic mass is 32.3. The van der Waals surface area contributed by atoms with E-state index >= 15 is 0 Å². The Hall–Kier alpha value is -0.210. The van der Waals surface area contributed by atoms with Crippen molar-refractivity contribution >= 4 is 10.4 Å². The molecule has 0 aliphatic rings. The average molecular weight is 174 g/mol. The van der Waals surface area contributed by atoms with E-state index in [1.54, 1.807) is 0 Å². The molecular weight excluding hydrogens is 160 g/mol. The summed E-state index contributed by atoms with van der Waals surface area (Å²) >= 11 is 0. The lowest BCUT2D eigenvalue weighted by molar-refractivity contribution is -0.836. The highest BCUT2D eigenvalue weighted by Crippen LogP contribution is 1.58. The molecule has 0 fully saturated rings. The largest absolute Gasteiger partial charge is 0.726 e. The number of quaternary nitrogens is 1.